The molecule has 6 heteroatoms. The number of pyridine rings is 1. The van der Waals surface area contributed by atoms with E-state index >= 15 is 0 Å². The molecule has 4 aromatic rings. The lowest BCUT2D eigenvalue weighted by atomic mass is 10.1. The lowest BCUT2D eigenvalue weighted by Gasteiger charge is -2.09. The predicted molar refractivity (Wildman–Crippen MR) is 102 cm³/mol. The van der Waals surface area contributed by atoms with Crippen LogP contribution in [0.25, 0.3) is 21.2 Å². The molecule has 3 heterocycles. The molecular weight excluding hydrogens is 332 g/mol. The first-order valence-electron chi connectivity index (χ1n) is 7.91. The van der Waals surface area contributed by atoms with E-state index in [1.54, 1.807) is 19.4 Å². The third-order valence-electron chi connectivity index (χ3n) is 4.06. The number of hydrogen-bond acceptors (Lipinski definition) is 5. The van der Waals surface area contributed by atoms with Gasteiger partial charge in [0.25, 0.3) is 5.56 Å². The highest BCUT2D eigenvalue weighted by molar-refractivity contribution is 7.18. The summed E-state index contributed by atoms with van der Waals surface area (Å²) in [6, 6.07) is 14.0. The van der Waals surface area contributed by atoms with Crippen molar-refractivity contribution in [2.24, 2.45) is 7.05 Å². The van der Waals surface area contributed by atoms with E-state index in [1.165, 1.54) is 16.0 Å². The number of anilines is 1. The number of aromatic nitrogens is 3. The average molecular weight is 348 g/mol. The van der Waals surface area contributed by atoms with E-state index in [0.29, 0.717) is 11.9 Å². The first kappa shape index (κ1) is 15.5. The van der Waals surface area contributed by atoms with Gasteiger partial charge in [-0.05, 0) is 23.3 Å². The molecule has 25 heavy (non-hydrogen) atoms. The zero-order chi connectivity index (χ0) is 17.2. The van der Waals surface area contributed by atoms with Gasteiger partial charge in [0.2, 0.25) is 0 Å². The number of nitrogens with one attached hydrogen (secondary N) is 1. The second kappa shape index (κ2) is 6.49. The van der Waals surface area contributed by atoms with Gasteiger partial charge in [-0.3, -0.25) is 9.78 Å². The Morgan fingerprint density at radius 2 is 1.88 bits per heavy atom. The lowest BCUT2D eigenvalue weighted by Crippen LogP contribution is -2.21. The van der Waals surface area contributed by atoms with Crippen molar-refractivity contribution in [3.63, 3.8) is 0 Å². The Hall–Kier alpha value is -2.99. The summed E-state index contributed by atoms with van der Waals surface area (Å²) >= 11 is 1.53. The molecule has 0 spiro atoms. The Morgan fingerprint density at radius 3 is 2.64 bits per heavy atom. The van der Waals surface area contributed by atoms with Gasteiger partial charge in [0.15, 0.2) is 5.82 Å². The van der Waals surface area contributed by atoms with E-state index < -0.39 is 0 Å². The molecule has 5 nitrogen and oxygen atoms in total. The van der Waals surface area contributed by atoms with Gasteiger partial charge in [-0.25, -0.2) is 4.68 Å². The summed E-state index contributed by atoms with van der Waals surface area (Å²) in [6.45, 7) is 0.656. The second-order valence-corrected chi connectivity index (χ2v) is 6.59. The van der Waals surface area contributed by atoms with Gasteiger partial charge in [-0.2, -0.15) is 5.10 Å². The minimum Gasteiger partial charge on any atom is -0.363 e. The fourth-order valence-electron chi connectivity index (χ4n) is 2.79. The Bertz CT molecular complexity index is 1070. The van der Waals surface area contributed by atoms with Crippen LogP contribution in [0.5, 0.6) is 0 Å². The highest BCUT2D eigenvalue weighted by Crippen LogP contribution is 2.34. The van der Waals surface area contributed by atoms with Crippen LogP contribution in [0, 0.1) is 0 Å². The molecule has 0 amide bonds. The van der Waals surface area contributed by atoms with Crippen LogP contribution in [-0.2, 0) is 13.6 Å². The molecule has 0 unspecified atom stereocenters. The van der Waals surface area contributed by atoms with Gasteiger partial charge in [0.1, 0.15) is 0 Å². The number of nitrogens with zero attached hydrogens (tertiary/aromatic N) is 3. The van der Waals surface area contributed by atoms with Crippen molar-refractivity contribution in [3.8, 4) is 11.1 Å². The molecule has 0 aliphatic rings. The van der Waals surface area contributed by atoms with Crippen LogP contribution in [0.1, 0.15) is 5.56 Å². The van der Waals surface area contributed by atoms with Crippen molar-refractivity contribution in [1.82, 2.24) is 14.8 Å². The maximum Gasteiger partial charge on any atom is 0.275 e. The first-order chi connectivity index (χ1) is 12.2. The summed E-state index contributed by atoms with van der Waals surface area (Å²) < 4.78 is 2.28. The number of thiophene rings is 1. The molecule has 0 saturated carbocycles. The summed E-state index contributed by atoms with van der Waals surface area (Å²) in [6.07, 6.45) is 3.47. The molecule has 0 radical (unpaired) electrons. The first-order valence-corrected chi connectivity index (χ1v) is 8.78. The fraction of sp³-hybridized carbons (Fsp3) is 0.105. The van der Waals surface area contributed by atoms with Crippen molar-refractivity contribution < 1.29 is 0 Å². The van der Waals surface area contributed by atoms with Crippen molar-refractivity contribution in [3.05, 3.63) is 76.2 Å². The lowest BCUT2D eigenvalue weighted by molar-refractivity contribution is 0.721. The number of rotatable bonds is 4. The largest absolute Gasteiger partial charge is 0.363 e. The number of hydrogen-bond donors (Lipinski definition) is 1. The highest BCUT2D eigenvalue weighted by Gasteiger charge is 2.16. The normalized spacial score (nSPS) is 10.9. The molecule has 0 saturated heterocycles. The Morgan fingerprint density at radius 1 is 1.12 bits per heavy atom. The standard InChI is InChI=1S/C19H16N4OS/c1-23-19(24)16-15(14-7-9-20-10-8-14)12-25-17(16)18(22-23)21-11-13-5-3-2-4-6-13/h2-10,12H,11H2,1H3,(H,21,22). The van der Waals surface area contributed by atoms with E-state index in [-0.39, 0.29) is 5.56 Å². The zero-order valence-corrected chi connectivity index (χ0v) is 14.5. The molecule has 0 bridgehead atoms. The Labute approximate surface area is 148 Å². The second-order valence-electron chi connectivity index (χ2n) is 5.71. The van der Waals surface area contributed by atoms with E-state index in [1.807, 2.05) is 35.7 Å². The summed E-state index contributed by atoms with van der Waals surface area (Å²) in [7, 11) is 1.68. The number of aryl methyl sites for hydroxylation is 1. The number of fused-ring (bicyclic) bond motifs is 1. The third kappa shape index (κ3) is 2.92. The van der Waals surface area contributed by atoms with Gasteiger partial charge in [0.05, 0.1) is 10.1 Å². The van der Waals surface area contributed by atoms with Crippen molar-refractivity contribution in [2.45, 2.75) is 6.54 Å². The molecule has 4 rings (SSSR count). The van der Waals surface area contributed by atoms with Gasteiger partial charge >= 0.3 is 0 Å². The minimum atomic E-state index is -0.0895. The molecule has 1 N–H and O–H groups in total. The molecule has 0 atom stereocenters. The summed E-state index contributed by atoms with van der Waals surface area (Å²) in [5.74, 6) is 0.728. The molecule has 1 aromatic carbocycles. The van der Waals surface area contributed by atoms with Crippen LogP contribution in [0.4, 0.5) is 5.82 Å². The number of benzene rings is 1. The van der Waals surface area contributed by atoms with Crippen LogP contribution >= 0.6 is 11.3 Å². The van der Waals surface area contributed by atoms with Crippen molar-refractivity contribution >= 4 is 27.2 Å². The fourth-order valence-corrected chi connectivity index (χ4v) is 3.82. The van der Waals surface area contributed by atoms with Crippen LogP contribution in [0.2, 0.25) is 0 Å². The average Bonchev–Trinajstić information content (AvgIpc) is 3.11. The maximum absolute atomic E-state index is 12.7. The van der Waals surface area contributed by atoms with E-state index in [0.717, 1.165) is 27.2 Å². The monoisotopic (exact) mass is 348 g/mol. The van der Waals surface area contributed by atoms with Gasteiger partial charge in [-0.15, -0.1) is 11.3 Å². The van der Waals surface area contributed by atoms with E-state index in [4.69, 9.17) is 0 Å². The SMILES string of the molecule is Cn1nc(NCc2ccccc2)c2scc(-c3ccncc3)c2c1=O. The van der Waals surface area contributed by atoms with Crippen LogP contribution in [0.3, 0.4) is 0 Å². The van der Waals surface area contributed by atoms with Gasteiger partial charge < -0.3 is 5.32 Å². The van der Waals surface area contributed by atoms with Gasteiger partial charge in [-0.1, -0.05) is 30.3 Å². The maximum atomic E-state index is 12.7. The topological polar surface area (TPSA) is 59.8 Å². The van der Waals surface area contributed by atoms with E-state index in [9.17, 15) is 4.79 Å². The molecular formula is C19H16N4OS. The minimum absolute atomic E-state index is 0.0895. The van der Waals surface area contributed by atoms with Crippen LogP contribution in [0.15, 0.2) is 65.0 Å². The van der Waals surface area contributed by atoms with Crippen molar-refractivity contribution in [2.75, 3.05) is 5.32 Å². The van der Waals surface area contributed by atoms with Crippen LogP contribution in [-0.4, -0.2) is 14.8 Å². The molecule has 3 aromatic heterocycles. The Balaban J connectivity index is 1.80. The molecule has 0 aliphatic carbocycles. The highest BCUT2D eigenvalue weighted by atomic mass is 32.1. The predicted octanol–water partition coefficient (Wildman–Crippen LogP) is 3.67. The summed E-state index contributed by atoms with van der Waals surface area (Å²) in [5.41, 5.74) is 2.98. The van der Waals surface area contributed by atoms with Crippen LogP contribution < -0.4 is 10.9 Å². The zero-order valence-electron chi connectivity index (χ0n) is 13.6. The summed E-state index contributed by atoms with van der Waals surface area (Å²) in [4.78, 5) is 16.7. The molecule has 0 fully saturated rings. The quantitative estimate of drug-likeness (QED) is 0.611. The molecule has 0 aliphatic heterocycles. The Kier molecular flexibility index (Phi) is 4.03. The van der Waals surface area contributed by atoms with Gasteiger partial charge in [0, 0.05) is 36.9 Å². The van der Waals surface area contributed by atoms with Crippen molar-refractivity contribution in [1.29, 1.82) is 0 Å². The smallest absolute Gasteiger partial charge is 0.275 e. The van der Waals surface area contributed by atoms with E-state index in [2.05, 4.69) is 27.5 Å². The third-order valence-corrected chi connectivity index (χ3v) is 5.04. The molecule has 124 valence electrons. The summed E-state index contributed by atoms with van der Waals surface area (Å²) in [5, 5.41) is 10.5.